The van der Waals surface area contributed by atoms with E-state index in [0.29, 0.717) is 44.9 Å². The standard InChI is InChI=1S/C26H17F2N5O/c27-17-8-10-21(28)20(13-17)15-7-9-19-23(12-15)32-25(16-4-3-11-30-14-16)33-26(19)31-22-6-2-1-5-18(22)24(29)34/h1-14H,(H2,29,34)(H,31,32,33). The van der Waals surface area contributed by atoms with Crippen LogP contribution in [0, 0.1) is 11.6 Å². The van der Waals surface area contributed by atoms with E-state index in [1.807, 2.05) is 6.07 Å². The monoisotopic (exact) mass is 453 g/mol. The number of nitrogens with zero attached hydrogens (tertiary/aromatic N) is 3. The van der Waals surface area contributed by atoms with Gasteiger partial charge in [-0.05, 0) is 60.2 Å². The van der Waals surface area contributed by atoms with Crippen LogP contribution in [0.2, 0.25) is 0 Å². The van der Waals surface area contributed by atoms with E-state index in [-0.39, 0.29) is 5.56 Å². The third kappa shape index (κ3) is 4.04. The number of benzene rings is 3. The van der Waals surface area contributed by atoms with Crippen LogP contribution < -0.4 is 11.1 Å². The number of hydrogen-bond acceptors (Lipinski definition) is 5. The first kappa shape index (κ1) is 21.1. The number of primary amides is 1. The van der Waals surface area contributed by atoms with Crippen LogP contribution in [0.3, 0.4) is 0 Å². The van der Waals surface area contributed by atoms with Crippen molar-refractivity contribution in [2.75, 3.05) is 5.32 Å². The number of aromatic nitrogens is 3. The summed E-state index contributed by atoms with van der Waals surface area (Å²) in [6.45, 7) is 0. The third-order valence-electron chi connectivity index (χ3n) is 5.30. The Hall–Kier alpha value is -4.72. The van der Waals surface area contributed by atoms with Gasteiger partial charge in [0.1, 0.15) is 17.5 Å². The summed E-state index contributed by atoms with van der Waals surface area (Å²) in [5, 5.41) is 3.80. The summed E-state index contributed by atoms with van der Waals surface area (Å²) in [5.74, 6) is -0.880. The molecule has 0 atom stereocenters. The van der Waals surface area contributed by atoms with Crippen molar-refractivity contribution in [2.24, 2.45) is 5.73 Å². The molecule has 0 aliphatic heterocycles. The number of rotatable bonds is 5. The molecule has 0 aliphatic carbocycles. The summed E-state index contributed by atoms with van der Waals surface area (Å²) in [4.78, 5) is 25.3. The molecule has 0 radical (unpaired) electrons. The maximum atomic E-state index is 14.4. The van der Waals surface area contributed by atoms with E-state index >= 15 is 0 Å². The molecule has 8 heteroatoms. The second kappa shape index (κ2) is 8.67. The smallest absolute Gasteiger partial charge is 0.250 e. The number of hydrogen-bond donors (Lipinski definition) is 2. The van der Waals surface area contributed by atoms with Gasteiger partial charge < -0.3 is 11.1 Å². The highest BCUT2D eigenvalue weighted by molar-refractivity contribution is 6.01. The van der Waals surface area contributed by atoms with Gasteiger partial charge >= 0.3 is 0 Å². The highest BCUT2D eigenvalue weighted by Crippen LogP contribution is 2.32. The van der Waals surface area contributed by atoms with Crippen molar-refractivity contribution in [1.29, 1.82) is 0 Å². The summed E-state index contributed by atoms with van der Waals surface area (Å²) in [6, 6.07) is 18.7. The number of carbonyl (C=O) groups excluding carboxylic acids is 1. The maximum Gasteiger partial charge on any atom is 0.250 e. The Morgan fingerprint density at radius 3 is 2.53 bits per heavy atom. The van der Waals surface area contributed by atoms with Crippen LogP contribution in [0.25, 0.3) is 33.4 Å². The highest BCUT2D eigenvalue weighted by atomic mass is 19.1. The molecule has 1 amide bonds. The third-order valence-corrected chi connectivity index (χ3v) is 5.30. The number of amides is 1. The van der Waals surface area contributed by atoms with Gasteiger partial charge in [0.25, 0.3) is 5.91 Å². The molecule has 34 heavy (non-hydrogen) atoms. The summed E-state index contributed by atoms with van der Waals surface area (Å²) < 4.78 is 28.2. The minimum Gasteiger partial charge on any atom is -0.366 e. The summed E-state index contributed by atoms with van der Waals surface area (Å²) in [7, 11) is 0. The number of nitrogens with one attached hydrogen (secondary N) is 1. The summed E-state index contributed by atoms with van der Waals surface area (Å²) in [5.41, 5.74) is 8.05. The Bertz CT molecular complexity index is 1540. The van der Waals surface area contributed by atoms with Crippen molar-refractivity contribution in [3.8, 4) is 22.5 Å². The molecule has 5 rings (SSSR count). The van der Waals surface area contributed by atoms with Gasteiger partial charge in [0.15, 0.2) is 5.82 Å². The lowest BCUT2D eigenvalue weighted by molar-refractivity contribution is 0.100. The molecule has 3 N–H and O–H groups in total. The summed E-state index contributed by atoms with van der Waals surface area (Å²) in [6.07, 6.45) is 3.26. The van der Waals surface area contributed by atoms with Crippen LogP contribution in [-0.4, -0.2) is 20.9 Å². The largest absolute Gasteiger partial charge is 0.366 e. The van der Waals surface area contributed by atoms with Crippen molar-refractivity contribution >= 4 is 28.3 Å². The van der Waals surface area contributed by atoms with E-state index in [4.69, 9.17) is 5.73 Å². The molecular weight excluding hydrogens is 436 g/mol. The van der Waals surface area contributed by atoms with E-state index in [1.54, 1.807) is 60.9 Å². The maximum absolute atomic E-state index is 14.4. The summed E-state index contributed by atoms with van der Waals surface area (Å²) >= 11 is 0. The average molecular weight is 453 g/mol. The Kier molecular flexibility index (Phi) is 5.39. The highest BCUT2D eigenvalue weighted by Gasteiger charge is 2.15. The van der Waals surface area contributed by atoms with Crippen molar-refractivity contribution in [3.05, 3.63) is 102 Å². The fourth-order valence-electron chi connectivity index (χ4n) is 3.67. The topological polar surface area (TPSA) is 93.8 Å². The first-order valence-corrected chi connectivity index (χ1v) is 10.3. The molecule has 0 spiro atoms. The first-order valence-electron chi connectivity index (χ1n) is 10.3. The van der Waals surface area contributed by atoms with Gasteiger partial charge in [-0.1, -0.05) is 18.2 Å². The van der Waals surface area contributed by atoms with Gasteiger partial charge in [-0.2, -0.15) is 0 Å². The van der Waals surface area contributed by atoms with Gasteiger partial charge in [-0.3, -0.25) is 9.78 Å². The van der Waals surface area contributed by atoms with E-state index in [1.165, 1.54) is 0 Å². The van der Waals surface area contributed by atoms with E-state index in [9.17, 15) is 13.6 Å². The van der Waals surface area contributed by atoms with Crippen LogP contribution in [0.5, 0.6) is 0 Å². The molecule has 0 fully saturated rings. The molecule has 0 bridgehead atoms. The van der Waals surface area contributed by atoms with E-state index in [0.717, 1.165) is 18.2 Å². The minimum absolute atomic E-state index is 0.122. The first-order chi connectivity index (χ1) is 16.5. The van der Waals surface area contributed by atoms with Crippen molar-refractivity contribution in [2.45, 2.75) is 0 Å². The molecule has 6 nitrogen and oxygen atoms in total. The molecular formula is C26H17F2N5O. The second-order valence-electron chi connectivity index (χ2n) is 7.53. The Labute approximate surface area is 193 Å². The number of fused-ring (bicyclic) bond motifs is 1. The molecule has 0 aliphatic rings. The molecule has 3 aromatic carbocycles. The fourth-order valence-corrected chi connectivity index (χ4v) is 3.67. The number of pyridine rings is 1. The lowest BCUT2D eigenvalue weighted by atomic mass is 10.0. The second-order valence-corrected chi connectivity index (χ2v) is 7.53. The molecule has 5 aromatic rings. The number of nitrogens with two attached hydrogens (primary N) is 1. The normalized spacial score (nSPS) is 10.9. The minimum atomic E-state index is -0.585. The number of halogens is 2. The Morgan fingerprint density at radius 2 is 1.74 bits per heavy atom. The van der Waals surface area contributed by atoms with Crippen molar-refractivity contribution in [3.63, 3.8) is 0 Å². The van der Waals surface area contributed by atoms with Gasteiger partial charge in [-0.25, -0.2) is 18.7 Å². The predicted molar refractivity (Wildman–Crippen MR) is 126 cm³/mol. The fraction of sp³-hybridized carbons (Fsp3) is 0. The predicted octanol–water partition coefficient (Wildman–Crippen LogP) is 5.48. The molecule has 166 valence electrons. The Morgan fingerprint density at radius 1 is 0.882 bits per heavy atom. The lowest BCUT2D eigenvalue weighted by Crippen LogP contribution is -2.13. The number of carbonyl (C=O) groups is 1. The lowest BCUT2D eigenvalue weighted by Gasteiger charge is -2.14. The number of anilines is 2. The van der Waals surface area contributed by atoms with Crippen LogP contribution in [-0.2, 0) is 0 Å². The van der Waals surface area contributed by atoms with Gasteiger partial charge in [-0.15, -0.1) is 0 Å². The zero-order valence-electron chi connectivity index (χ0n) is 17.7. The molecule has 0 unspecified atom stereocenters. The van der Waals surface area contributed by atoms with Gasteiger partial charge in [0.05, 0.1) is 16.8 Å². The zero-order chi connectivity index (χ0) is 23.7. The van der Waals surface area contributed by atoms with Crippen molar-refractivity contribution in [1.82, 2.24) is 15.0 Å². The molecule has 2 heterocycles. The quantitative estimate of drug-likeness (QED) is 0.368. The SMILES string of the molecule is NC(=O)c1ccccc1Nc1nc(-c2cccnc2)nc2cc(-c3cc(F)ccc3F)ccc12. The number of para-hydroxylation sites is 1. The zero-order valence-corrected chi connectivity index (χ0v) is 17.7. The molecule has 0 saturated heterocycles. The average Bonchev–Trinajstić information content (AvgIpc) is 2.86. The van der Waals surface area contributed by atoms with Crippen LogP contribution in [0.4, 0.5) is 20.3 Å². The van der Waals surface area contributed by atoms with Crippen LogP contribution in [0.15, 0.2) is 85.2 Å². The molecule has 2 aromatic heterocycles. The van der Waals surface area contributed by atoms with Crippen molar-refractivity contribution < 1.29 is 13.6 Å². The molecule has 0 saturated carbocycles. The Balaban J connectivity index is 1.71. The van der Waals surface area contributed by atoms with E-state index < -0.39 is 17.5 Å². The van der Waals surface area contributed by atoms with Crippen LogP contribution >= 0.6 is 0 Å². The van der Waals surface area contributed by atoms with Gasteiger partial charge in [0.2, 0.25) is 0 Å². The van der Waals surface area contributed by atoms with Gasteiger partial charge in [0, 0.05) is 28.9 Å². The van der Waals surface area contributed by atoms with Crippen LogP contribution in [0.1, 0.15) is 10.4 Å². The van der Waals surface area contributed by atoms with E-state index in [2.05, 4.69) is 20.3 Å².